The van der Waals surface area contributed by atoms with E-state index in [1.165, 1.54) is 7.05 Å². The average Bonchev–Trinajstić information content (AvgIpc) is 2.58. The Morgan fingerprint density at radius 1 is 1.61 bits per heavy atom. The number of hydrogen-bond donors (Lipinski definition) is 2. The van der Waals surface area contributed by atoms with Gasteiger partial charge in [-0.2, -0.15) is 4.72 Å². The van der Waals surface area contributed by atoms with E-state index in [0.29, 0.717) is 6.42 Å². The molecule has 0 bridgehead atoms. The van der Waals surface area contributed by atoms with Crippen LogP contribution in [0.25, 0.3) is 0 Å². The summed E-state index contributed by atoms with van der Waals surface area (Å²) in [6, 6.07) is -1.17. The van der Waals surface area contributed by atoms with Crippen LogP contribution in [0.1, 0.15) is 19.8 Å². The number of sulfonamides is 1. The summed E-state index contributed by atoms with van der Waals surface area (Å²) in [6.45, 7) is 1.77. The first-order valence-corrected chi connectivity index (χ1v) is 7.37. The summed E-state index contributed by atoms with van der Waals surface area (Å²) in [5, 5.41) is 15.8. The second-order valence-electron chi connectivity index (χ2n) is 3.61. The number of nitrogens with one attached hydrogen (secondary N) is 1. The lowest BCUT2D eigenvalue weighted by molar-refractivity contribution is -0.139. The van der Waals surface area contributed by atoms with Gasteiger partial charge >= 0.3 is 5.97 Å². The summed E-state index contributed by atoms with van der Waals surface area (Å²) in [7, 11) is -2.58. The van der Waals surface area contributed by atoms with E-state index in [-0.39, 0.29) is 16.0 Å². The quantitative estimate of drug-likeness (QED) is 0.759. The minimum atomic E-state index is -3.98. The third kappa shape index (κ3) is 3.27. The van der Waals surface area contributed by atoms with E-state index in [4.69, 9.17) is 5.11 Å². The Balaban J connectivity index is 3.05. The Morgan fingerprint density at radius 2 is 2.22 bits per heavy atom. The number of carboxylic acid groups (broad SMARTS) is 1. The highest BCUT2D eigenvalue weighted by molar-refractivity contribution is 9.10. The van der Waals surface area contributed by atoms with Crippen molar-refractivity contribution < 1.29 is 18.3 Å². The van der Waals surface area contributed by atoms with Gasteiger partial charge in [0.2, 0.25) is 5.03 Å². The molecular formula is C8H13BrN4O4S. The van der Waals surface area contributed by atoms with Crippen LogP contribution in [0.3, 0.4) is 0 Å². The van der Waals surface area contributed by atoms with E-state index in [9.17, 15) is 13.2 Å². The van der Waals surface area contributed by atoms with Crippen LogP contribution in [-0.2, 0) is 21.9 Å². The van der Waals surface area contributed by atoms with Crippen LogP contribution in [0.15, 0.2) is 9.63 Å². The largest absolute Gasteiger partial charge is 0.480 e. The Morgan fingerprint density at radius 3 is 2.61 bits per heavy atom. The molecule has 2 N–H and O–H groups in total. The van der Waals surface area contributed by atoms with Crippen LogP contribution in [0.2, 0.25) is 0 Å². The first-order valence-electron chi connectivity index (χ1n) is 5.10. The molecule has 1 aromatic heterocycles. The monoisotopic (exact) mass is 340 g/mol. The molecule has 0 aromatic carbocycles. The zero-order valence-corrected chi connectivity index (χ0v) is 12.2. The fourth-order valence-corrected chi connectivity index (χ4v) is 3.69. The molecule has 0 amide bonds. The first kappa shape index (κ1) is 15.1. The summed E-state index contributed by atoms with van der Waals surface area (Å²) >= 11 is 2.96. The number of rotatable bonds is 6. The highest BCUT2D eigenvalue weighted by atomic mass is 79.9. The second-order valence-corrected chi connectivity index (χ2v) is 5.99. The Bertz CT molecular complexity index is 522. The van der Waals surface area contributed by atoms with Gasteiger partial charge in [0.1, 0.15) is 6.04 Å². The van der Waals surface area contributed by atoms with E-state index in [1.54, 1.807) is 6.92 Å². The van der Waals surface area contributed by atoms with Gasteiger partial charge < -0.3 is 5.11 Å². The van der Waals surface area contributed by atoms with Crippen LogP contribution in [0.4, 0.5) is 0 Å². The molecule has 0 unspecified atom stereocenters. The van der Waals surface area contributed by atoms with Gasteiger partial charge in [-0.15, -0.1) is 5.10 Å². The van der Waals surface area contributed by atoms with Gasteiger partial charge in [0, 0.05) is 7.05 Å². The number of aromatic nitrogens is 3. The number of aliphatic carboxylic acids is 1. The van der Waals surface area contributed by atoms with E-state index < -0.39 is 22.0 Å². The molecule has 0 saturated carbocycles. The Labute approximate surface area is 113 Å². The second kappa shape index (κ2) is 5.76. The van der Waals surface area contributed by atoms with E-state index in [0.717, 1.165) is 4.68 Å². The summed E-state index contributed by atoms with van der Waals surface area (Å²) in [6.07, 6.45) is 0.752. The van der Waals surface area contributed by atoms with Gasteiger partial charge in [-0.25, -0.2) is 13.1 Å². The lowest BCUT2D eigenvalue weighted by atomic mass is 10.2. The SMILES string of the molecule is CCC[C@H](NS(=O)(=O)c1c(Br)nnn1C)C(=O)O. The summed E-state index contributed by atoms with van der Waals surface area (Å²) in [5.74, 6) is -1.22. The molecule has 0 aliphatic heterocycles. The maximum atomic E-state index is 12.0. The van der Waals surface area contributed by atoms with Crippen molar-refractivity contribution in [3.05, 3.63) is 4.60 Å². The zero-order valence-electron chi connectivity index (χ0n) is 9.79. The van der Waals surface area contributed by atoms with Crippen LogP contribution in [0.5, 0.6) is 0 Å². The standard InChI is InChI=1S/C8H13BrN4O4S/c1-3-4-5(8(14)15)11-18(16,17)7-6(9)10-12-13(7)2/h5,11H,3-4H2,1-2H3,(H,14,15)/t5-/m0/s1. The van der Waals surface area contributed by atoms with Gasteiger partial charge in [-0.05, 0) is 22.4 Å². The van der Waals surface area contributed by atoms with Crippen LogP contribution in [-0.4, -0.2) is 40.5 Å². The highest BCUT2D eigenvalue weighted by Gasteiger charge is 2.29. The van der Waals surface area contributed by atoms with Crippen molar-refractivity contribution in [3.63, 3.8) is 0 Å². The van der Waals surface area contributed by atoms with Crippen molar-refractivity contribution in [1.29, 1.82) is 0 Å². The third-order valence-corrected chi connectivity index (χ3v) is 4.52. The fraction of sp³-hybridized carbons (Fsp3) is 0.625. The number of carbonyl (C=O) groups is 1. The van der Waals surface area contributed by atoms with Crippen molar-refractivity contribution in [3.8, 4) is 0 Å². The van der Waals surface area contributed by atoms with Crippen molar-refractivity contribution in [1.82, 2.24) is 19.7 Å². The molecule has 1 heterocycles. The number of aryl methyl sites for hydroxylation is 1. The van der Waals surface area contributed by atoms with E-state index in [2.05, 4.69) is 31.0 Å². The van der Waals surface area contributed by atoms with Gasteiger partial charge in [0.15, 0.2) is 4.60 Å². The molecule has 1 rings (SSSR count). The predicted molar refractivity (Wildman–Crippen MR) is 65.4 cm³/mol. The van der Waals surface area contributed by atoms with E-state index in [1.807, 2.05) is 0 Å². The number of nitrogens with zero attached hydrogens (tertiary/aromatic N) is 3. The van der Waals surface area contributed by atoms with Crippen molar-refractivity contribution in [2.45, 2.75) is 30.8 Å². The van der Waals surface area contributed by atoms with E-state index >= 15 is 0 Å². The predicted octanol–water partition coefficient (Wildman–Crippen LogP) is 0.109. The Kier molecular flexibility index (Phi) is 4.82. The lowest BCUT2D eigenvalue weighted by Gasteiger charge is -2.13. The Hall–Kier alpha value is -1.00. The van der Waals surface area contributed by atoms with Crippen molar-refractivity contribution in [2.75, 3.05) is 0 Å². The molecule has 102 valence electrons. The third-order valence-electron chi connectivity index (χ3n) is 2.16. The number of carboxylic acids is 1. The molecule has 18 heavy (non-hydrogen) atoms. The minimum Gasteiger partial charge on any atom is -0.480 e. The molecule has 0 fully saturated rings. The molecule has 10 heteroatoms. The normalized spacial score (nSPS) is 13.5. The number of hydrogen-bond acceptors (Lipinski definition) is 5. The fourth-order valence-electron chi connectivity index (χ4n) is 1.37. The van der Waals surface area contributed by atoms with Crippen LogP contribution < -0.4 is 4.72 Å². The molecule has 0 aliphatic carbocycles. The maximum absolute atomic E-state index is 12.0. The number of halogens is 1. The van der Waals surface area contributed by atoms with Gasteiger partial charge in [-0.3, -0.25) is 4.79 Å². The van der Waals surface area contributed by atoms with Crippen LogP contribution >= 0.6 is 15.9 Å². The summed E-state index contributed by atoms with van der Waals surface area (Å²) in [4.78, 5) is 10.9. The highest BCUT2D eigenvalue weighted by Crippen LogP contribution is 2.18. The smallest absolute Gasteiger partial charge is 0.321 e. The van der Waals surface area contributed by atoms with Gasteiger partial charge in [0.25, 0.3) is 10.0 Å². The van der Waals surface area contributed by atoms with Crippen molar-refractivity contribution >= 4 is 31.9 Å². The maximum Gasteiger partial charge on any atom is 0.321 e. The topological polar surface area (TPSA) is 114 Å². The zero-order chi connectivity index (χ0) is 13.9. The molecule has 8 nitrogen and oxygen atoms in total. The van der Waals surface area contributed by atoms with Crippen LogP contribution in [0, 0.1) is 0 Å². The molecule has 1 atom stereocenters. The first-order chi connectivity index (χ1) is 8.29. The molecular weight excluding hydrogens is 328 g/mol. The minimum absolute atomic E-state index is 0.0399. The van der Waals surface area contributed by atoms with Gasteiger partial charge in [0.05, 0.1) is 0 Å². The molecule has 0 aliphatic rings. The lowest BCUT2D eigenvalue weighted by Crippen LogP contribution is -2.41. The average molecular weight is 341 g/mol. The molecule has 0 radical (unpaired) electrons. The summed E-state index contributed by atoms with van der Waals surface area (Å²) < 4.78 is 27.3. The molecule has 0 spiro atoms. The molecule has 0 saturated heterocycles. The van der Waals surface area contributed by atoms with Crippen molar-refractivity contribution in [2.24, 2.45) is 7.05 Å². The summed E-state index contributed by atoms with van der Waals surface area (Å²) in [5.41, 5.74) is 0. The van der Waals surface area contributed by atoms with Gasteiger partial charge in [-0.1, -0.05) is 18.6 Å². The molecule has 1 aromatic rings.